The van der Waals surface area contributed by atoms with E-state index in [1.807, 2.05) is 0 Å². The number of hydrogen-bond acceptors (Lipinski definition) is 0. The monoisotopic (exact) mass is 416 g/mol. The molecule has 0 saturated heterocycles. The van der Waals surface area contributed by atoms with Crippen LogP contribution in [0.1, 0.15) is 26.7 Å². The summed E-state index contributed by atoms with van der Waals surface area (Å²) in [6.45, 7) is 8.97. The standard InChI is InChI=1S/2C10H15Si.Zr/c2*1-3-4-9-11(2)10-7-5-6-8-10;/h2*3-7H,8-9H2,1-2H3;/b2*4-3+;. The normalized spacial score (nSPS) is 16.1. The van der Waals surface area contributed by atoms with Crippen LogP contribution in [-0.2, 0) is 26.2 Å². The molecule has 2 radical (unpaired) electrons. The summed E-state index contributed by atoms with van der Waals surface area (Å²) in [5, 5.41) is 3.35. The smallest absolute Gasteiger partial charge is 0.0812 e. The van der Waals surface area contributed by atoms with Crippen LogP contribution in [0, 0.1) is 0 Å². The van der Waals surface area contributed by atoms with Gasteiger partial charge in [-0.3, -0.25) is 0 Å². The van der Waals surface area contributed by atoms with E-state index in [0.717, 1.165) is 0 Å². The zero-order chi connectivity index (χ0) is 16.2. The Morgan fingerprint density at radius 2 is 1.22 bits per heavy atom. The van der Waals surface area contributed by atoms with Crippen LogP contribution >= 0.6 is 0 Å². The molecule has 0 saturated carbocycles. The second kappa shape index (κ2) is 14.1. The van der Waals surface area contributed by atoms with Gasteiger partial charge in [0.1, 0.15) is 0 Å². The predicted octanol–water partition coefficient (Wildman–Crippen LogP) is 6.22. The number of rotatable bonds is 6. The van der Waals surface area contributed by atoms with Crippen molar-refractivity contribution in [2.75, 3.05) is 0 Å². The first-order valence-corrected chi connectivity index (χ1v) is 12.7. The van der Waals surface area contributed by atoms with E-state index in [9.17, 15) is 0 Å². The van der Waals surface area contributed by atoms with Gasteiger partial charge in [0.05, 0.1) is 17.6 Å². The minimum Gasteiger partial charge on any atom is -0.0919 e. The van der Waals surface area contributed by atoms with Crippen molar-refractivity contribution in [3.63, 3.8) is 0 Å². The minimum absolute atomic E-state index is 0. The third-order valence-electron chi connectivity index (χ3n) is 3.96. The molecule has 3 heteroatoms. The van der Waals surface area contributed by atoms with Crippen molar-refractivity contribution in [2.24, 2.45) is 0 Å². The molecular weight excluding hydrogens is 388 g/mol. The van der Waals surface area contributed by atoms with E-state index in [0.29, 0.717) is 0 Å². The maximum absolute atomic E-state index is 2.39. The first-order valence-electron chi connectivity index (χ1n) is 8.28. The van der Waals surface area contributed by atoms with Crippen molar-refractivity contribution < 1.29 is 26.2 Å². The summed E-state index contributed by atoms with van der Waals surface area (Å²) in [5.74, 6) is 0. The second-order valence-corrected chi connectivity index (χ2v) is 11.0. The summed E-state index contributed by atoms with van der Waals surface area (Å²) in [6.07, 6.45) is 24.7. The molecular formula is C20H30Si2Zr. The second-order valence-electron chi connectivity index (χ2n) is 5.76. The maximum Gasteiger partial charge on any atom is 0.0812 e. The van der Waals surface area contributed by atoms with Crippen molar-refractivity contribution in [3.8, 4) is 0 Å². The Hall–Kier alpha value is -0.243. The van der Waals surface area contributed by atoms with E-state index < -0.39 is 0 Å². The van der Waals surface area contributed by atoms with E-state index in [2.05, 4.69) is 87.7 Å². The van der Waals surface area contributed by atoms with Gasteiger partial charge in [-0.25, -0.2) is 0 Å². The minimum atomic E-state index is -0.218. The topological polar surface area (TPSA) is 0 Å². The predicted molar refractivity (Wildman–Crippen MR) is 106 cm³/mol. The van der Waals surface area contributed by atoms with Gasteiger partial charge in [0.2, 0.25) is 0 Å². The Bertz CT molecular complexity index is 450. The molecule has 0 N–H and O–H groups in total. The SMILES string of the molecule is C/C=C/C[Si](C)C1=CC=CC1.C/C=C/C[Si](C)C1=CC=CC1.[Zr]. The van der Waals surface area contributed by atoms with Crippen molar-refractivity contribution in [1.82, 2.24) is 0 Å². The molecule has 0 fully saturated rings. The van der Waals surface area contributed by atoms with Gasteiger partial charge < -0.3 is 0 Å². The summed E-state index contributed by atoms with van der Waals surface area (Å²) in [4.78, 5) is 0. The Morgan fingerprint density at radius 1 is 0.826 bits per heavy atom. The molecule has 0 spiro atoms. The van der Waals surface area contributed by atoms with Crippen LogP contribution < -0.4 is 0 Å². The Labute approximate surface area is 166 Å². The molecule has 0 amide bonds. The van der Waals surface area contributed by atoms with Gasteiger partial charge in [0, 0.05) is 26.2 Å². The van der Waals surface area contributed by atoms with E-state index in [1.165, 1.54) is 24.9 Å². The summed E-state index contributed by atoms with van der Waals surface area (Å²) in [7, 11) is -0.436. The van der Waals surface area contributed by atoms with Crippen LogP contribution in [0.5, 0.6) is 0 Å². The molecule has 0 aromatic rings. The molecule has 23 heavy (non-hydrogen) atoms. The van der Waals surface area contributed by atoms with Gasteiger partial charge in [0.15, 0.2) is 0 Å². The average Bonchev–Trinajstić information content (AvgIpc) is 3.23. The zero-order valence-electron chi connectivity index (χ0n) is 15.1. The first-order chi connectivity index (χ1) is 10.7. The van der Waals surface area contributed by atoms with Crippen LogP contribution in [0.3, 0.4) is 0 Å². The Balaban J connectivity index is 0.000000403. The van der Waals surface area contributed by atoms with Crippen molar-refractivity contribution in [2.45, 2.75) is 51.9 Å². The van der Waals surface area contributed by atoms with Gasteiger partial charge >= 0.3 is 0 Å². The molecule has 0 aliphatic heterocycles. The maximum atomic E-state index is 2.39. The van der Waals surface area contributed by atoms with Crippen LogP contribution in [0.2, 0.25) is 25.2 Å². The van der Waals surface area contributed by atoms with Gasteiger partial charge in [-0.05, 0) is 38.8 Å². The van der Waals surface area contributed by atoms with E-state index in [1.54, 1.807) is 10.4 Å². The molecule has 0 heterocycles. The largest absolute Gasteiger partial charge is 0.0919 e. The average molecular weight is 418 g/mol. The first kappa shape index (κ1) is 22.8. The summed E-state index contributed by atoms with van der Waals surface area (Å²) >= 11 is 0. The van der Waals surface area contributed by atoms with Crippen LogP contribution in [0.4, 0.5) is 0 Å². The van der Waals surface area contributed by atoms with Gasteiger partial charge in [-0.15, -0.1) is 0 Å². The van der Waals surface area contributed by atoms with Crippen LogP contribution in [0.25, 0.3) is 0 Å². The molecule has 0 aromatic heterocycles. The fraction of sp³-hybridized carbons (Fsp3) is 0.400. The van der Waals surface area contributed by atoms with E-state index >= 15 is 0 Å². The van der Waals surface area contributed by atoms with Crippen molar-refractivity contribution in [1.29, 1.82) is 0 Å². The molecule has 2 rings (SSSR count). The Kier molecular flexibility index (Phi) is 14.0. The van der Waals surface area contributed by atoms with Crippen LogP contribution in [0.15, 0.2) is 71.2 Å². The number of allylic oxidation sites excluding steroid dienone is 12. The van der Waals surface area contributed by atoms with Gasteiger partial charge in [-0.1, -0.05) is 84.2 Å². The molecule has 0 atom stereocenters. The zero-order valence-corrected chi connectivity index (χ0v) is 19.6. The quantitative estimate of drug-likeness (QED) is 0.355. The van der Waals surface area contributed by atoms with Crippen molar-refractivity contribution >= 4 is 17.6 Å². The summed E-state index contributed by atoms with van der Waals surface area (Å²) in [6, 6.07) is 2.57. The summed E-state index contributed by atoms with van der Waals surface area (Å²) in [5.41, 5.74) is 0. The molecule has 0 aromatic carbocycles. The third-order valence-corrected chi connectivity index (χ3v) is 8.59. The Morgan fingerprint density at radius 3 is 1.48 bits per heavy atom. The molecule has 2 aliphatic carbocycles. The molecule has 122 valence electrons. The fourth-order valence-electron chi connectivity index (χ4n) is 2.38. The number of hydrogen-bond donors (Lipinski definition) is 0. The summed E-state index contributed by atoms with van der Waals surface area (Å²) < 4.78 is 0. The van der Waals surface area contributed by atoms with E-state index in [-0.39, 0.29) is 43.8 Å². The fourth-order valence-corrected chi connectivity index (χ4v) is 5.78. The third kappa shape index (κ3) is 9.59. The van der Waals surface area contributed by atoms with Crippen LogP contribution in [-0.4, -0.2) is 17.6 Å². The molecule has 0 bridgehead atoms. The van der Waals surface area contributed by atoms with Crippen molar-refractivity contribution in [3.05, 3.63) is 71.2 Å². The molecule has 0 unspecified atom stereocenters. The van der Waals surface area contributed by atoms with E-state index in [4.69, 9.17) is 0 Å². The molecule has 0 nitrogen and oxygen atoms in total. The molecule has 2 aliphatic rings. The van der Waals surface area contributed by atoms with Gasteiger partial charge in [0.25, 0.3) is 0 Å². The van der Waals surface area contributed by atoms with Gasteiger partial charge in [-0.2, -0.15) is 0 Å².